The molecule has 0 bridgehead atoms. The van der Waals surface area contributed by atoms with Gasteiger partial charge in [0.25, 0.3) is 0 Å². The van der Waals surface area contributed by atoms with Crippen molar-refractivity contribution in [2.75, 3.05) is 6.61 Å². The Bertz CT molecular complexity index is 317. The quantitative estimate of drug-likeness (QED) is 0.821. The first-order valence-electron chi connectivity index (χ1n) is 6.80. The third-order valence-electron chi connectivity index (χ3n) is 4.64. The molecule has 2 aliphatic carbocycles. The number of nitrogens with zero attached hydrogens (tertiary/aromatic N) is 1. The number of aliphatic hydroxyl groups is 1. The molecule has 0 radical (unpaired) electrons. The zero-order valence-electron chi connectivity index (χ0n) is 10.9. The van der Waals surface area contributed by atoms with E-state index in [0.717, 1.165) is 19.3 Å². The Labute approximate surface area is 104 Å². The molecule has 0 heterocycles. The molecule has 0 saturated heterocycles. The molecular weight excluding hydrogens is 214 g/mol. The first-order chi connectivity index (χ1) is 8.05. The molecule has 17 heavy (non-hydrogen) atoms. The summed E-state index contributed by atoms with van der Waals surface area (Å²) in [6.07, 6.45) is 5.39. The average molecular weight is 237 g/mol. The zero-order chi connectivity index (χ0) is 12.5. The molecule has 2 aliphatic rings. The van der Waals surface area contributed by atoms with E-state index in [2.05, 4.69) is 13.0 Å². The third-order valence-corrected chi connectivity index (χ3v) is 4.64. The van der Waals surface area contributed by atoms with E-state index in [4.69, 9.17) is 4.74 Å². The second kappa shape index (κ2) is 4.59. The summed E-state index contributed by atoms with van der Waals surface area (Å²) in [5.41, 5.74) is -1.31. The second-order valence-corrected chi connectivity index (χ2v) is 5.91. The summed E-state index contributed by atoms with van der Waals surface area (Å²) in [6.45, 7) is 4.85. The summed E-state index contributed by atoms with van der Waals surface area (Å²) in [6, 6.07) is 2.45. The van der Waals surface area contributed by atoms with Gasteiger partial charge in [0.15, 0.2) is 0 Å². The van der Waals surface area contributed by atoms with Crippen molar-refractivity contribution >= 4 is 0 Å². The van der Waals surface area contributed by atoms with Crippen LogP contribution in [0.2, 0.25) is 0 Å². The van der Waals surface area contributed by atoms with Crippen molar-refractivity contribution in [3.63, 3.8) is 0 Å². The molecule has 2 unspecified atom stereocenters. The highest BCUT2D eigenvalue weighted by Gasteiger charge is 2.59. The lowest BCUT2D eigenvalue weighted by molar-refractivity contribution is -0.196. The summed E-state index contributed by atoms with van der Waals surface area (Å²) in [7, 11) is 0. The third kappa shape index (κ3) is 2.09. The van der Waals surface area contributed by atoms with Gasteiger partial charge in [0.05, 0.1) is 23.2 Å². The van der Waals surface area contributed by atoms with Crippen LogP contribution in [0, 0.1) is 22.7 Å². The Balaban J connectivity index is 2.06. The number of nitriles is 1. The van der Waals surface area contributed by atoms with Crippen LogP contribution in [0.5, 0.6) is 0 Å². The molecule has 2 atom stereocenters. The van der Waals surface area contributed by atoms with Gasteiger partial charge in [0.1, 0.15) is 0 Å². The highest BCUT2D eigenvalue weighted by Crippen LogP contribution is 2.55. The van der Waals surface area contributed by atoms with Crippen LogP contribution in [0.15, 0.2) is 0 Å². The molecule has 0 spiro atoms. The van der Waals surface area contributed by atoms with Gasteiger partial charge >= 0.3 is 0 Å². The van der Waals surface area contributed by atoms with Gasteiger partial charge in [-0.05, 0) is 25.7 Å². The standard InChI is InChI=1S/C14H23NO2/c1-3-17-12-8-14(16,9-12)13(10-15)6-4-5-11(2)7-13/h11-12,16H,3-9H2,1-2H3. The van der Waals surface area contributed by atoms with Gasteiger partial charge in [0, 0.05) is 19.4 Å². The van der Waals surface area contributed by atoms with Crippen LogP contribution in [0.4, 0.5) is 0 Å². The monoisotopic (exact) mass is 237 g/mol. The lowest BCUT2D eigenvalue weighted by atomic mass is 9.54. The highest BCUT2D eigenvalue weighted by atomic mass is 16.5. The molecule has 0 aromatic heterocycles. The van der Waals surface area contributed by atoms with Crippen LogP contribution in [-0.2, 0) is 4.74 Å². The van der Waals surface area contributed by atoms with Gasteiger partial charge in [-0.1, -0.05) is 19.8 Å². The maximum absolute atomic E-state index is 10.7. The van der Waals surface area contributed by atoms with Crippen LogP contribution < -0.4 is 0 Å². The smallest absolute Gasteiger partial charge is 0.0882 e. The first kappa shape index (κ1) is 12.9. The molecule has 0 aliphatic heterocycles. The highest BCUT2D eigenvalue weighted by molar-refractivity contribution is 5.18. The summed E-state index contributed by atoms with van der Waals surface area (Å²) >= 11 is 0. The lowest BCUT2D eigenvalue weighted by Crippen LogP contribution is -2.60. The topological polar surface area (TPSA) is 53.2 Å². The normalized spacial score (nSPS) is 46.0. The van der Waals surface area contributed by atoms with Crippen molar-refractivity contribution in [1.82, 2.24) is 0 Å². The average Bonchev–Trinajstić information content (AvgIpc) is 2.27. The van der Waals surface area contributed by atoms with E-state index in [-0.39, 0.29) is 6.10 Å². The Morgan fingerprint density at radius 3 is 2.65 bits per heavy atom. The van der Waals surface area contributed by atoms with Gasteiger partial charge in [-0.3, -0.25) is 0 Å². The molecular formula is C14H23NO2. The van der Waals surface area contributed by atoms with Crippen LogP contribution in [0.3, 0.4) is 0 Å². The molecule has 2 rings (SSSR count). The van der Waals surface area contributed by atoms with E-state index >= 15 is 0 Å². The summed E-state index contributed by atoms with van der Waals surface area (Å²) in [5, 5.41) is 20.2. The van der Waals surface area contributed by atoms with Gasteiger partial charge in [-0.15, -0.1) is 0 Å². The Kier molecular flexibility index (Phi) is 3.47. The van der Waals surface area contributed by atoms with Gasteiger partial charge in [0.2, 0.25) is 0 Å². The molecule has 2 fully saturated rings. The fourth-order valence-electron chi connectivity index (χ4n) is 3.62. The van der Waals surface area contributed by atoms with E-state index in [0.29, 0.717) is 25.4 Å². The van der Waals surface area contributed by atoms with E-state index in [1.54, 1.807) is 0 Å². The van der Waals surface area contributed by atoms with Crippen molar-refractivity contribution < 1.29 is 9.84 Å². The van der Waals surface area contributed by atoms with Gasteiger partial charge in [-0.25, -0.2) is 0 Å². The fraction of sp³-hybridized carbons (Fsp3) is 0.929. The Morgan fingerprint density at radius 1 is 1.41 bits per heavy atom. The maximum Gasteiger partial charge on any atom is 0.0882 e. The molecule has 1 N–H and O–H groups in total. The second-order valence-electron chi connectivity index (χ2n) is 5.91. The minimum Gasteiger partial charge on any atom is -0.388 e. The number of hydrogen-bond donors (Lipinski definition) is 1. The summed E-state index contributed by atoms with van der Waals surface area (Å²) in [4.78, 5) is 0. The SMILES string of the molecule is CCOC1CC(O)(C2(C#N)CCCC(C)C2)C1. The fourth-order valence-corrected chi connectivity index (χ4v) is 3.62. The summed E-state index contributed by atoms with van der Waals surface area (Å²) in [5.74, 6) is 0.554. The van der Waals surface area contributed by atoms with Crippen molar-refractivity contribution in [2.45, 2.75) is 64.1 Å². The van der Waals surface area contributed by atoms with Crippen molar-refractivity contribution in [1.29, 1.82) is 5.26 Å². The number of hydrogen-bond acceptors (Lipinski definition) is 3. The Hall–Kier alpha value is -0.590. The van der Waals surface area contributed by atoms with E-state index in [1.807, 2.05) is 6.92 Å². The molecule has 2 saturated carbocycles. The summed E-state index contributed by atoms with van der Waals surface area (Å²) < 4.78 is 5.51. The largest absolute Gasteiger partial charge is 0.388 e. The van der Waals surface area contributed by atoms with Gasteiger partial charge in [-0.2, -0.15) is 5.26 Å². The van der Waals surface area contributed by atoms with Crippen LogP contribution in [0.25, 0.3) is 0 Å². The van der Waals surface area contributed by atoms with Crippen LogP contribution in [0.1, 0.15) is 52.4 Å². The lowest BCUT2D eigenvalue weighted by Gasteiger charge is -2.54. The number of ether oxygens (including phenoxy) is 1. The number of rotatable bonds is 3. The van der Waals surface area contributed by atoms with Crippen molar-refractivity contribution in [3.8, 4) is 6.07 Å². The minimum absolute atomic E-state index is 0.160. The van der Waals surface area contributed by atoms with Crippen molar-refractivity contribution in [3.05, 3.63) is 0 Å². The minimum atomic E-state index is -0.795. The molecule has 3 nitrogen and oxygen atoms in total. The molecule has 96 valence electrons. The van der Waals surface area contributed by atoms with Gasteiger partial charge < -0.3 is 9.84 Å². The van der Waals surface area contributed by atoms with Crippen LogP contribution in [-0.4, -0.2) is 23.4 Å². The van der Waals surface area contributed by atoms with E-state index in [1.165, 1.54) is 6.42 Å². The molecule has 0 amide bonds. The zero-order valence-corrected chi connectivity index (χ0v) is 10.9. The van der Waals surface area contributed by atoms with Crippen LogP contribution >= 0.6 is 0 Å². The predicted octanol–water partition coefficient (Wildman–Crippen LogP) is 2.64. The molecule has 0 aromatic rings. The molecule has 0 aromatic carbocycles. The maximum atomic E-state index is 10.7. The van der Waals surface area contributed by atoms with E-state index < -0.39 is 11.0 Å². The first-order valence-corrected chi connectivity index (χ1v) is 6.80. The molecule has 3 heteroatoms. The van der Waals surface area contributed by atoms with Crippen molar-refractivity contribution in [2.24, 2.45) is 11.3 Å². The predicted molar refractivity (Wildman–Crippen MR) is 65.3 cm³/mol. The Morgan fingerprint density at radius 2 is 2.12 bits per heavy atom. The van der Waals surface area contributed by atoms with E-state index in [9.17, 15) is 10.4 Å².